The van der Waals surface area contributed by atoms with E-state index in [4.69, 9.17) is 10.5 Å². The van der Waals surface area contributed by atoms with E-state index in [1.165, 1.54) is 0 Å². The Hall–Kier alpha value is -1.55. The molecule has 1 amide bonds. The standard InChI is InChI=1S/C13H20N2O2/c1-2-11-6-3-4-7-12(11)17-10-13(16)15-9-5-8-14/h3-4,6-7H,2,5,8-10,14H2,1H3,(H,15,16). The number of hydrogen-bond acceptors (Lipinski definition) is 3. The lowest BCUT2D eigenvalue weighted by Crippen LogP contribution is -2.30. The molecule has 0 radical (unpaired) electrons. The minimum Gasteiger partial charge on any atom is -0.483 e. The second-order valence-electron chi connectivity index (χ2n) is 3.74. The van der Waals surface area contributed by atoms with Gasteiger partial charge in [0.05, 0.1) is 0 Å². The van der Waals surface area contributed by atoms with Crippen LogP contribution in [0.4, 0.5) is 0 Å². The summed E-state index contributed by atoms with van der Waals surface area (Å²) in [5.41, 5.74) is 6.45. The third-order valence-electron chi connectivity index (χ3n) is 2.42. The summed E-state index contributed by atoms with van der Waals surface area (Å²) >= 11 is 0. The Morgan fingerprint density at radius 2 is 2.18 bits per heavy atom. The highest BCUT2D eigenvalue weighted by Crippen LogP contribution is 2.17. The third-order valence-corrected chi connectivity index (χ3v) is 2.42. The summed E-state index contributed by atoms with van der Waals surface area (Å²) < 4.78 is 5.48. The number of carbonyl (C=O) groups is 1. The van der Waals surface area contributed by atoms with Crippen molar-refractivity contribution in [2.24, 2.45) is 5.73 Å². The number of rotatable bonds is 7. The van der Waals surface area contributed by atoms with Gasteiger partial charge in [0, 0.05) is 6.54 Å². The Balaban J connectivity index is 2.36. The van der Waals surface area contributed by atoms with Crippen molar-refractivity contribution in [3.05, 3.63) is 29.8 Å². The highest BCUT2D eigenvalue weighted by Gasteiger charge is 2.04. The molecule has 1 rings (SSSR count). The Morgan fingerprint density at radius 1 is 1.41 bits per heavy atom. The number of para-hydroxylation sites is 1. The average Bonchev–Trinajstić information content (AvgIpc) is 2.37. The summed E-state index contributed by atoms with van der Waals surface area (Å²) in [5, 5.41) is 2.75. The largest absolute Gasteiger partial charge is 0.483 e. The lowest BCUT2D eigenvalue weighted by Gasteiger charge is -2.10. The number of amides is 1. The molecule has 0 heterocycles. The fourth-order valence-electron chi connectivity index (χ4n) is 1.46. The van der Waals surface area contributed by atoms with Crippen LogP contribution in [-0.2, 0) is 11.2 Å². The third kappa shape index (κ3) is 4.87. The SMILES string of the molecule is CCc1ccccc1OCC(=O)NCCCN. The molecule has 1 aromatic carbocycles. The minimum absolute atomic E-state index is 0.0571. The van der Waals surface area contributed by atoms with E-state index in [9.17, 15) is 4.79 Å². The maximum Gasteiger partial charge on any atom is 0.257 e. The van der Waals surface area contributed by atoms with Crippen LogP contribution in [0.1, 0.15) is 18.9 Å². The molecule has 0 aliphatic rings. The number of nitrogens with two attached hydrogens (primary N) is 1. The molecule has 0 aliphatic heterocycles. The van der Waals surface area contributed by atoms with Gasteiger partial charge in [0.15, 0.2) is 6.61 Å². The Kier molecular flexibility index (Phi) is 6.10. The maximum atomic E-state index is 11.4. The molecule has 0 unspecified atom stereocenters. The lowest BCUT2D eigenvalue weighted by molar-refractivity contribution is -0.123. The van der Waals surface area contributed by atoms with E-state index in [1.807, 2.05) is 24.3 Å². The quantitative estimate of drug-likeness (QED) is 0.697. The molecule has 0 fully saturated rings. The number of aryl methyl sites for hydroxylation is 1. The van der Waals surface area contributed by atoms with Crippen molar-refractivity contribution in [2.45, 2.75) is 19.8 Å². The molecule has 4 heteroatoms. The molecular weight excluding hydrogens is 216 g/mol. The van der Waals surface area contributed by atoms with Crippen molar-refractivity contribution in [1.29, 1.82) is 0 Å². The lowest BCUT2D eigenvalue weighted by atomic mass is 10.1. The van der Waals surface area contributed by atoms with E-state index in [1.54, 1.807) is 0 Å². The summed E-state index contributed by atoms with van der Waals surface area (Å²) in [5.74, 6) is 0.674. The van der Waals surface area contributed by atoms with Gasteiger partial charge in [-0.05, 0) is 31.0 Å². The van der Waals surface area contributed by atoms with Crippen LogP contribution in [0.5, 0.6) is 5.75 Å². The zero-order valence-corrected chi connectivity index (χ0v) is 10.2. The van der Waals surface area contributed by atoms with Gasteiger partial charge in [-0.1, -0.05) is 25.1 Å². The number of ether oxygens (including phenoxy) is 1. The van der Waals surface area contributed by atoms with Crippen molar-refractivity contribution < 1.29 is 9.53 Å². The van der Waals surface area contributed by atoms with Crippen LogP contribution >= 0.6 is 0 Å². The molecule has 0 saturated heterocycles. The van der Waals surface area contributed by atoms with Crippen LogP contribution in [0.15, 0.2) is 24.3 Å². The molecule has 0 aliphatic carbocycles. The summed E-state index contributed by atoms with van der Waals surface area (Å²) in [6.07, 6.45) is 1.68. The van der Waals surface area contributed by atoms with Crippen LogP contribution in [-0.4, -0.2) is 25.6 Å². The fraction of sp³-hybridized carbons (Fsp3) is 0.462. The molecule has 17 heavy (non-hydrogen) atoms. The predicted octanol–water partition coefficient (Wildman–Crippen LogP) is 1.09. The zero-order chi connectivity index (χ0) is 12.5. The number of carbonyl (C=O) groups excluding carboxylic acids is 1. The normalized spacial score (nSPS) is 10.0. The van der Waals surface area contributed by atoms with Gasteiger partial charge in [-0.3, -0.25) is 4.79 Å². The van der Waals surface area contributed by atoms with Crippen LogP contribution in [0.3, 0.4) is 0 Å². The van der Waals surface area contributed by atoms with Crippen molar-refractivity contribution in [3.63, 3.8) is 0 Å². The first kappa shape index (κ1) is 13.5. The average molecular weight is 236 g/mol. The number of nitrogens with one attached hydrogen (secondary N) is 1. The first-order valence-corrected chi connectivity index (χ1v) is 5.95. The molecule has 0 aromatic heterocycles. The molecule has 0 bridgehead atoms. The molecular formula is C13H20N2O2. The highest BCUT2D eigenvalue weighted by molar-refractivity contribution is 5.77. The van der Waals surface area contributed by atoms with Gasteiger partial charge in [-0.2, -0.15) is 0 Å². The van der Waals surface area contributed by atoms with Gasteiger partial charge in [-0.15, -0.1) is 0 Å². The van der Waals surface area contributed by atoms with Gasteiger partial charge in [0.1, 0.15) is 5.75 Å². The Labute approximate surface area is 102 Å². The van der Waals surface area contributed by atoms with Crippen molar-refractivity contribution in [1.82, 2.24) is 5.32 Å². The first-order valence-electron chi connectivity index (χ1n) is 5.95. The molecule has 3 N–H and O–H groups in total. The van der Waals surface area contributed by atoms with Crippen LogP contribution in [0.25, 0.3) is 0 Å². The van der Waals surface area contributed by atoms with Crippen molar-refractivity contribution in [2.75, 3.05) is 19.7 Å². The monoisotopic (exact) mass is 236 g/mol. The smallest absolute Gasteiger partial charge is 0.257 e. The van der Waals surface area contributed by atoms with Gasteiger partial charge >= 0.3 is 0 Å². The van der Waals surface area contributed by atoms with E-state index < -0.39 is 0 Å². The summed E-state index contributed by atoms with van der Waals surface area (Å²) in [4.78, 5) is 11.4. The number of hydrogen-bond donors (Lipinski definition) is 2. The molecule has 0 atom stereocenters. The van der Waals surface area contributed by atoms with Gasteiger partial charge in [0.2, 0.25) is 0 Å². The fourth-order valence-corrected chi connectivity index (χ4v) is 1.46. The van der Waals surface area contributed by atoms with Crippen LogP contribution in [0.2, 0.25) is 0 Å². The zero-order valence-electron chi connectivity index (χ0n) is 10.2. The van der Waals surface area contributed by atoms with Crippen molar-refractivity contribution in [3.8, 4) is 5.75 Å². The van der Waals surface area contributed by atoms with Gasteiger partial charge in [0.25, 0.3) is 5.91 Å². The first-order chi connectivity index (χ1) is 8.27. The van der Waals surface area contributed by atoms with Crippen LogP contribution < -0.4 is 15.8 Å². The predicted molar refractivity (Wildman–Crippen MR) is 68.0 cm³/mol. The van der Waals surface area contributed by atoms with E-state index in [0.717, 1.165) is 24.2 Å². The van der Waals surface area contributed by atoms with E-state index in [2.05, 4.69) is 12.2 Å². The second-order valence-corrected chi connectivity index (χ2v) is 3.74. The van der Waals surface area contributed by atoms with E-state index >= 15 is 0 Å². The van der Waals surface area contributed by atoms with E-state index in [-0.39, 0.29) is 12.5 Å². The molecule has 1 aromatic rings. The summed E-state index contributed by atoms with van der Waals surface area (Å²) in [6.45, 7) is 3.30. The second kappa shape index (κ2) is 7.68. The maximum absolute atomic E-state index is 11.4. The van der Waals surface area contributed by atoms with Gasteiger partial charge in [-0.25, -0.2) is 0 Å². The summed E-state index contributed by atoms with van der Waals surface area (Å²) in [7, 11) is 0. The Morgan fingerprint density at radius 3 is 2.88 bits per heavy atom. The minimum atomic E-state index is -0.107. The molecule has 0 spiro atoms. The Bertz CT molecular complexity index is 353. The topological polar surface area (TPSA) is 64.3 Å². The summed E-state index contributed by atoms with van der Waals surface area (Å²) in [6, 6.07) is 7.75. The molecule has 0 saturated carbocycles. The van der Waals surface area contributed by atoms with E-state index in [0.29, 0.717) is 13.1 Å². The van der Waals surface area contributed by atoms with Crippen molar-refractivity contribution >= 4 is 5.91 Å². The molecule has 4 nitrogen and oxygen atoms in total. The van der Waals surface area contributed by atoms with Crippen LogP contribution in [0, 0.1) is 0 Å². The molecule has 94 valence electrons. The van der Waals surface area contributed by atoms with Gasteiger partial charge < -0.3 is 15.8 Å². The highest BCUT2D eigenvalue weighted by atomic mass is 16.5. The number of benzene rings is 1.